The van der Waals surface area contributed by atoms with Crippen molar-refractivity contribution in [2.24, 2.45) is 5.73 Å². The molecule has 0 aromatic rings. The summed E-state index contributed by atoms with van der Waals surface area (Å²) >= 11 is 6.90. The van der Waals surface area contributed by atoms with Gasteiger partial charge in [-0.05, 0) is 12.3 Å². The second-order valence-corrected chi connectivity index (χ2v) is 3.63. The number of hydrogen-bond acceptors (Lipinski definition) is 4. The van der Waals surface area contributed by atoms with Gasteiger partial charge in [0.15, 0.2) is 5.88 Å². The maximum absolute atomic E-state index is 7.60. The minimum atomic E-state index is 0.230. The average molecular weight is 233 g/mol. The van der Waals surface area contributed by atoms with Crippen LogP contribution in [0.4, 0.5) is 0 Å². The summed E-state index contributed by atoms with van der Waals surface area (Å²) < 4.78 is 4.78. The second-order valence-electron chi connectivity index (χ2n) is 2.33. The first-order valence-corrected chi connectivity index (χ1v) is 5.31. The Hall–Kier alpha value is -0.870. The number of halogens is 1. The van der Waals surface area contributed by atoms with Crippen LogP contribution in [-0.4, -0.2) is 18.4 Å². The molecule has 0 spiro atoms. The van der Waals surface area contributed by atoms with E-state index in [1.165, 1.54) is 24.9 Å². The largest absolute Gasteiger partial charge is 0.483 e. The van der Waals surface area contributed by atoms with Crippen LogP contribution in [-0.2, 0) is 4.74 Å². The summed E-state index contributed by atoms with van der Waals surface area (Å²) in [6.07, 6.45) is 4.89. The highest BCUT2D eigenvalue weighted by atomic mass is 35.5. The Morgan fingerprint density at radius 2 is 2.14 bits per heavy atom. The van der Waals surface area contributed by atoms with Crippen LogP contribution in [0.25, 0.3) is 0 Å². The van der Waals surface area contributed by atoms with Gasteiger partial charge in [-0.15, -0.1) is 11.8 Å². The van der Waals surface area contributed by atoms with Crippen LogP contribution < -0.4 is 5.73 Å². The van der Waals surface area contributed by atoms with Crippen molar-refractivity contribution < 1.29 is 4.74 Å². The molecule has 0 bridgehead atoms. The van der Waals surface area contributed by atoms with E-state index in [4.69, 9.17) is 27.5 Å². The Labute approximate surface area is 93.2 Å². The lowest BCUT2D eigenvalue weighted by Gasteiger charge is -2.03. The normalized spacial score (nSPS) is 12.5. The highest BCUT2D eigenvalue weighted by Gasteiger charge is 2.02. The number of allylic oxidation sites excluding steroid dienone is 3. The molecule has 0 saturated carbocycles. The first-order valence-electron chi connectivity index (χ1n) is 3.71. The smallest absolute Gasteiger partial charge is 0.184 e. The summed E-state index contributed by atoms with van der Waals surface area (Å²) in [4.78, 5) is 0. The molecule has 0 radical (unpaired) electrons. The molecule has 0 aliphatic carbocycles. The average Bonchev–Trinajstić information content (AvgIpc) is 2.14. The Bertz CT molecular complexity index is 297. The van der Waals surface area contributed by atoms with E-state index in [-0.39, 0.29) is 5.88 Å². The van der Waals surface area contributed by atoms with Crippen molar-refractivity contribution >= 4 is 28.4 Å². The van der Waals surface area contributed by atoms with Gasteiger partial charge < -0.3 is 10.5 Å². The molecule has 0 aromatic carbocycles. The van der Waals surface area contributed by atoms with Crippen molar-refractivity contribution in [2.45, 2.75) is 0 Å². The van der Waals surface area contributed by atoms with Crippen LogP contribution in [0.15, 0.2) is 35.2 Å². The van der Waals surface area contributed by atoms with Crippen LogP contribution in [0.1, 0.15) is 0 Å². The molecule has 0 fully saturated rings. The topological polar surface area (TPSA) is 59.1 Å². The monoisotopic (exact) mass is 232 g/mol. The predicted octanol–water partition coefficient (Wildman–Crippen LogP) is 2.45. The molecule has 0 aliphatic heterocycles. The van der Waals surface area contributed by atoms with Gasteiger partial charge in [0.2, 0.25) is 0 Å². The van der Waals surface area contributed by atoms with Crippen molar-refractivity contribution in [2.75, 3.05) is 13.4 Å². The van der Waals surface area contributed by atoms with E-state index >= 15 is 0 Å². The number of ether oxygens (including phenoxy) is 1. The maximum Gasteiger partial charge on any atom is 0.184 e. The summed E-state index contributed by atoms with van der Waals surface area (Å²) in [6.45, 7) is 3.52. The molecule has 0 aliphatic rings. The number of nitrogens with one attached hydrogen (secondary N) is 1. The molecule has 5 heteroatoms. The Morgan fingerprint density at radius 1 is 1.57 bits per heavy atom. The summed E-state index contributed by atoms with van der Waals surface area (Å²) in [5, 5.41) is 8.30. The molecule has 14 heavy (non-hydrogen) atoms. The maximum atomic E-state index is 7.60. The van der Waals surface area contributed by atoms with Crippen molar-refractivity contribution in [3.8, 4) is 0 Å². The van der Waals surface area contributed by atoms with Gasteiger partial charge in [0, 0.05) is 16.7 Å². The van der Waals surface area contributed by atoms with Gasteiger partial charge in [0.1, 0.15) is 0 Å². The Kier molecular flexibility index (Phi) is 6.16. The van der Waals surface area contributed by atoms with E-state index in [2.05, 4.69) is 6.58 Å². The highest BCUT2D eigenvalue weighted by molar-refractivity contribution is 8.13. The van der Waals surface area contributed by atoms with Crippen molar-refractivity contribution in [3.05, 3.63) is 35.2 Å². The lowest BCUT2D eigenvalue weighted by atomic mass is 10.2. The minimum absolute atomic E-state index is 0.230. The lowest BCUT2D eigenvalue weighted by molar-refractivity contribution is 0.287. The van der Waals surface area contributed by atoms with Crippen LogP contribution >= 0.6 is 23.4 Å². The molecule has 78 valence electrons. The van der Waals surface area contributed by atoms with Crippen molar-refractivity contribution in [3.63, 3.8) is 0 Å². The zero-order valence-electron chi connectivity index (χ0n) is 8.13. The van der Waals surface area contributed by atoms with Crippen molar-refractivity contribution in [1.82, 2.24) is 0 Å². The quantitative estimate of drug-likeness (QED) is 0.339. The third kappa shape index (κ3) is 4.99. The van der Waals surface area contributed by atoms with Gasteiger partial charge in [-0.25, -0.2) is 0 Å². The van der Waals surface area contributed by atoms with Crippen LogP contribution in [0.2, 0.25) is 0 Å². The summed E-state index contributed by atoms with van der Waals surface area (Å²) in [7, 11) is 1.46. The van der Waals surface area contributed by atoms with E-state index in [0.717, 1.165) is 0 Å². The number of thioether (sulfide) groups is 1. The zero-order chi connectivity index (χ0) is 11.1. The standard InChI is InChI=1S/C9H13ClN2OS/c1-6(10)4-7(9(12)14-3)5-8(11)13-2/h4-5,12H,1,11H2,2-3H3/b7-4+,8-5+,12-9?. The Balaban J connectivity index is 4.93. The third-order valence-electron chi connectivity index (χ3n) is 1.31. The van der Waals surface area contributed by atoms with Gasteiger partial charge >= 0.3 is 0 Å². The summed E-state index contributed by atoms with van der Waals surface area (Å²) in [6, 6.07) is 0. The Morgan fingerprint density at radius 3 is 2.50 bits per heavy atom. The minimum Gasteiger partial charge on any atom is -0.483 e. The van der Waals surface area contributed by atoms with Gasteiger partial charge in [-0.2, -0.15) is 0 Å². The molecular formula is C9H13ClN2OS. The summed E-state index contributed by atoms with van der Waals surface area (Å²) in [5.74, 6) is 0.230. The third-order valence-corrected chi connectivity index (χ3v) is 2.06. The number of hydrogen-bond donors (Lipinski definition) is 2. The summed E-state index contributed by atoms with van der Waals surface area (Å²) in [5.41, 5.74) is 6.04. The van der Waals surface area contributed by atoms with E-state index in [1.54, 1.807) is 12.3 Å². The SMILES string of the molecule is C=C(Cl)/C=C(\C=C(/N)OC)C(=N)SC. The number of nitrogens with two attached hydrogens (primary N) is 1. The van der Waals surface area contributed by atoms with E-state index in [9.17, 15) is 0 Å². The molecule has 0 amide bonds. The molecule has 3 nitrogen and oxygen atoms in total. The van der Waals surface area contributed by atoms with E-state index < -0.39 is 0 Å². The molecule has 0 saturated heterocycles. The number of rotatable bonds is 4. The zero-order valence-corrected chi connectivity index (χ0v) is 9.71. The van der Waals surface area contributed by atoms with E-state index in [0.29, 0.717) is 15.6 Å². The van der Waals surface area contributed by atoms with Crippen molar-refractivity contribution in [1.29, 1.82) is 5.41 Å². The van der Waals surface area contributed by atoms with Crippen LogP contribution in [0.3, 0.4) is 0 Å². The van der Waals surface area contributed by atoms with Gasteiger partial charge in [0.25, 0.3) is 0 Å². The molecule has 0 heterocycles. The fraction of sp³-hybridized carbons (Fsp3) is 0.222. The molecule has 0 rings (SSSR count). The fourth-order valence-electron chi connectivity index (χ4n) is 0.672. The van der Waals surface area contributed by atoms with Gasteiger partial charge in [-0.1, -0.05) is 18.2 Å². The molecular weight excluding hydrogens is 220 g/mol. The van der Waals surface area contributed by atoms with Gasteiger partial charge in [0.05, 0.1) is 12.2 Å². The predicted molar refractivity (Wildman–Crippen MR) is 63.6 cm³/mol. The van der Waals surface area contributed by atoms with Crippen LogP contribution in [0.5, 0.6) is 0 Å². The first kappa shape index (κ1) is 13.1. The van der Waals surface area contributed by atoms with Crippen LogP contribution in [0, 0.1) is 5.41 Å². The molecule has 0 atom stereocenters. The van der Waals surface area contributed by atoms with E-state index in [1.807, 2.05) is 0 Å². The molecule has 0 aromatic heterocycles. The highest BCUT2D eigenvalue weighted by Crippen LogP contribution is 2.14. The fourth-order valence-corrected chi connectivity index (χ4v) is 1.14. The second kappa shape index (κ2) is 6.56. The van der Waals surface area contributed by atoms with Gasteiger partial charge in [-0.3, -0.25) is 5.41 Å². The molecule has 3 N–H and O–H groups in total. The number of methoxy groups -OCH3 is 1. The lowest BCUT2D eigenvalue weighted by Crippen LogP contribution is -2.02. The first-order chi connectivity index (χ1) is 6.51. The molecule has 0 unspecified atom stereocenters.